The number of nitrogens with one attached hydrogen (secondary N) is 2. The standard InChI is InChI=1S/C20H24N2O3/c1-14(2)18(22-20(24)21-17-11-5-4-6-12-17)19(23)25-13-16-10-8-7-9-15(16)3/h4-12,14,18H,13H2,1-3H3,(H2,21,22,24)/t18-/m0/s1. The Morgan fingerprint density at radius 1 is 1.00 bits per heavy atom. The lowest BCUT2D eigenvalue weighted by molar-refractivity contribution is -0.148. The average molecular weight is 340 g/mol. The van der Waals surface area contributed by atoms with Gasteiger partial charge in [0.15, 0.2) is 0 Å². The van der Waals surface area contributed by atoms with Gasteiger partial charge in [0.1, 0.15) is 12.6 Å². The third-order valence-corrected chi connectivity index (χ3v) is 3.87. The van der Waals surface area contributed by atoms with E-state index in [1.54, 1.807) is 12.1 Å². The molecule has 0 aromatic heterocycles. The SMILES string of the molecule is Cc1ccccc1COC(=O)[C@@H](NC(=O)Nc1ccccc1)C(C)C. The Hall–Kier alpha value is -2.82. The van der Waals surface area contributed by atoms with Crippen LogP contribution in [-0.2, 0) is 16.1 Å². The molecule has 0 spiro atoms. The van der Waals surface area contributed by atoms with Crippen molar-refractivity contribution in [1.29, 1.82) is 0 Å². The molecule has 2 N–H and O–H groups in total. The van der Waals surface area contributed by atoms with E-state index in [9.17, 15) is 9.59 Å². The van der Waals surface area contributed by atoms with E-state index in [0.717, 1.165) is 11.1 Å². The number of anilines is 1. The first-order chi connectivity index (χ1) is 12.0. The maximum absolute atomic E-state index is 12.4. The van der Waals surface area contributed by atoms with Gasteiger partial charge >= 0.3 is 12.0 Å². The molecule has 0 unspecified atom stereocenters. The van der Waals surface area contributed by atoms with Gasteiger partial charge in [-0.2, -0.15) is 0 Å². The summed E-state index contributed by atoms with van der Waals surface area (Å²) in [6, 6.07) is 15.7. The fourth-order valence-electron chi connectivity index (χ4n) is 2.34. The minimum absolute atomic E-state index is 0.0918. The maximum atomic E-state index is 12.4. The Kier molecular flexibility index (Phi) is 6.57. The highest BCUT2D eigenvalue weighted by Gasteiger charge is 2.25. The molecule has 0 radical (unpaired) electrons. The molecular weight excluding hydrogens is 316 g/mol. The van der Waals surface area contributed by atoms with Crippen LogP contribution in [0, 0.1) is 12.8 Å². The summed E-state index contributed by atoms with van der Waals surface area (Å²) >= 11 is 0. The lowest BCUT2D eigenvalue weighted by Crippen LogP contribution is -2.47. The maximum Gasteiger partial charge on any atom is 0.329 e. The Balaban J connectivity index is 1.93. The zero-order valence-corrected chi connectivity index (χ0v) is 14.8. The molecule has 5 heteroatoms. The first-order valence-corrected chi connectivity index (χ1v) is 8.31. The van der Waals surface area contributed by atoms with Crippen molar-refractivity contribution in [3.63, 3.8) is 0 Å². The van der Waals surface area contributed by atoms with Crippen molar-refractivity contribution in [3.8, 4) is 0 Å². The summed E-state index contributed by atoms with van der Waals surface area (Å²) in [6.07, 6.45) is 0. The molecule has 2 amide bonds. The van der Waals surface area contributed by atoms with Crippen molar-refractivity contribution in [3.05, 3.63) is 65.7 Å². The highest BCUT2D eigenvalue weighted by atomic mass is 16.5. The Labute approximate surface area is 148 Å². The van der Waals surface area contributed by atoms with Crippen LogP contribution in [0.5, 0.6) is 0 Å². The van der Waals surface area contributed by atoms with Crippen LogP contribution in [0.15, 0.2) is 54.6 Å². The van der Waals surface area contributed by atoms with E-state index in [4.69, 9.17) is 4.74 Å². The van der Waals surface area contributed by atoms with Gasteiger partial charge in [-0.3, -0.25) is 0 Å². The molecule has 0 saturated carbocycles. The summed E-state index contributed by atoms with van der Waals surface area (Å²) in [4.78, 5) is 24.5. The molecule has 25 heavy (non-hydrogen) atoms. The van der Waals surface area contributed by atoms with Crippen LogP contribution >= 0.6 is 0 Å². The lowest BCUT2D eigenvalue weighted by atomic mass is 10.0. The number of para-hydroxylation sites is 1. The second-order valence-corrected chi connectivity index (χ2v) is 6.22. The first-order valence-electron chi connectivity index (χ1n) is 8.31. The van der Waals surface area contributed by atoms with Crippen molar-refractivity contribution in [2.75, 3.05) is 5.32 Å². The van der Waals surface area contributed by atoms with Gasteiger partial charge in [-0.1, -0.05) is 56.3 Å². The van der Waals surface area contributed by atoms with Gasteiger partial charge in [0.25, 0.3) is 0 Å². The monoisotopic (exact) mass is 340 g/mol. The number of esters is 1. The highest BCUT2D eigenvalue weighted by Crippen LogP contribution is 2.11. The Morgan fingerprint density at radius 2 is 1.64 bits per heavy atom. The third-order valence-electron chi connectivity index (χ3n) is 3.87. The van der Waals surface area contributed by atoms with E-state index in [1.165, 1.54) is 0 Å². The van der Waals surface area contributed by atoms with Gasteiger partial charge in [-0.25, -0.2) is 9.59 Å². The number of amides is 2. The van der Waals surface area contributed by atoms with E-state index in [2.05, 4.69) is 10.6 Å². The largest absolute Gasteiger partial charge is 0.459 e. The fraction of sp³-hybridized carbons (Fsp3) is 0.300. The molecule has 0 saturated heterocycles. The van der Waals surface area contributed by atoms with Gasteiger partial charge < -0.3 is 15.4 Å². The molecular formula is C20H24N2O3. The van der Waals surface area contributed by atoms with Gasteiger partial charge in [-0.05, 0) is 36.1 Å². The zero-order chi connectivity index (χ0) is 18.2. The predicted molar refractivity (Wildman–Crippen MR) is 98.2 cm³/mol. The summed E-state index contributed by atoms with van der Waals surface area (Å²) in [5.74, 6) is -0.535. The molecule has 0 heterocycles. The smallest absolute Gasteiger partial charge is 0.329 e. The second-order valence-electron chi connectivity index (χ2n) is 6.22. The van der Waals surface area contributed by atoms with Crippen LogP contribution in [-0.4, -0.2) is 18.0 Å². The van der Waals surface area contributed by atoms with E-state index in [1.807, 2.05) is 63.2 Å². The number of carbonyl (C=O) groups excluding carboxylic acids is 2. The minimum Gasteiger partial charge on any atom is -0.459 e. The van der Waals surface area contributed by atoms with Crippen molar-refractivity contribution in [2.45, 2.75) is 33.4 Å². The number of carbonyl (C=O) groups is 2. The number of benzene rings is 2. The molecule has 0 aliphatic heterocycles. The molecule has 2 rings (SSSR count). The van der Waals surface area contributed by atoms with Crippen LogP contribution in [0.1, 0.15) is 25.0 Å². The summed E-state index contributed by atoms with van der Waals surface area (Å²) in [6.45, 7) is 5.89. The van der Waals surface area contributed by atoms with Gasteiger partial charge in [0.2, 0.25) is 0 Å². The summed E-state index contributed by atoms with van der Waals surface area (Å²) in [5, 5.41) is 5.40. The Morgan fingerprint density at radius 3 is 2.28 bits per heavy atom. The number of aryl methyl sites for hydroxylation is 1. The Bertz CT molecular complexity index is 714. The van der Waals surface area contributed by atoms with Crippen LogP contribution in [0.4, 0.5) is 10.5 Å². The van der Waals surface area contributed by atoms with Gasteiger partial charge in [0, 0.05) is 5.69 Å². The molecule has 0 aliphatic rings. The fourth-order valence-corrected chi connectivity index (χ4v) is 2.34. The molecule has 5 nitrogen and oxygen atoms in total. The van der Waals surface area contributed by atoms with E-state index >= 15 is 0 Å². The molecule has 1 atom stereocenters. The van der Waals surface area contributed by atoms with Gasteiger partial charge in [-0.15, -0.1) is 0 Å². The molecule has 2 aromatic rings. The number of hydrogen-bond donors (Lipinski definition) is 2. The molecule has 132 valence electrons. The summed E-state index contributed by atoms with van der Waals surface area (Å²) in [5.41, 5.74) is 2.68. The van der Waals surface area contributed by atoms with Crippen LogP contribution in [0.25, 0.3) is 0 Å². The highest BCUT2D eigenvalue weighted by molar-refractivity contribution is 5.92. The molecule has 0 bridgehead atoms. The summed E-state index contributed by atoms with van der Waals surface area (Å²) in [7, 11) is 0. The van der Waals surface area contributed by atoms with Crippen molar-refractivity contribution >= 4 is 17.7 Å². The number of urea groups is 1. The topological polar surface area (TPSA) is 67.4 Å². The normalized spacial score (nSPS) is 11.7. The van der Waals surface area contributed by atoms with Gasteiger partial charge in [0.05, 0.1) is 0 Å². The molecule has 0 fully saturated rings. The molecule has 2 aromatic carbocycles. The minimum atomic E-state index is -0.715. The quantitative estimate of drug-likeness (QED) is 0.784. The lowest BCUT2D eigenvalue weighted by Gasteiger charge is -2.21. The first kappa shape index (κ1) is 18.5. The number of ether oxygens (including phenoxy) is 1. The third kappa shape index (κ3) is 5.64. The van der Waals surface area contributed by atoms with Crippen molar-refractivity contribution in [2.24, 2.45) is 5.92 Å². The summed E-state index contributed by atoms with van der Waals surface area (Å²) < 4.78 is 5.40. The van der Waals surface area contributed by atoms with Crippen LogP contribution in [0.2, 0.25) is 0 Å². The predicted octanol–water partition coefficient (Wildman–Crippen LogP) is 3.88. The van der Waals surface area contributed by atoms with E-state index < -0.39 is 18.0 Å². The average Bonchev–Trinajstić information content (AvgIpc) is 2.59. The van der Waals surface area contributed by atoms with E-state index in [-0.39, 0.29) is 12.5 Å². The zero-order valence-electron chi connectivity index (χ0n) is 14.8. The van der Waals surface area contributed by atoms with E-state index in [0.29, 0.717) is 5.69 Å². The van der Waals surface area contributed by atoms with Crippen LogP contribution < -0.4 is 10.6 Å². The van der Waals surface area contributed by atoms with Crippen molar-refractivity contribution < 1.29 is 14.3 Å². The molecule has 0 aliphatic carbocycles. The van der Waals surface area contributed by atoms with Crippen molar-refractivity contribution in [1.82, 2.24) is 5.32 Å². The second kappa shape index (κ2) is 8.87. The number of hydrogen-bond acceptors (Lipinski definition) is 3. The van der Waals surface area contributed by atoms with Crippen LogP contribution in [0.3, 0.4) is 0 Å². The number of rotatable bonds is 6.